The van der Waals surface area contributed by atoms with E-state index in [0.717, 1.165) is 0 Å². The lowest BCUT2D eigenvalue weighted by Gasteiger charge is -2.10. The zero-order chi connectivity index (χ0) is 11.3. The van der Waals surface area contributed by atoms with Crippen molar-refractivity contribution < 1.29 is 14.3 Å². The molecule has 0 saturated carbocycles. The molecule has 0 radical (unpaired) electrons. The Morgan fingerprint density at radius 3 is 2.80 bits per heavy atom. The van der Waals surface area contributed by atoms with Crippen molar-refractivity contribution in [3.63, 3.8) is 0 Å². The number of methoxy groups -OCH3 is 1. The molecule has 1 atom stereocenters. The molecular weight excluding hydrogens is 194 g/mol. The summed E-state index contributed by atoms with van der Waals surface area (Å²) in [4.78, 5) is 10.7. The summed E-state index contributed by atoms with van der Waals surface area (Å²) < 4.78 is 9.83. The lowest BCUT2D eigenvalue weighted by molar-refractivity contribution is -0.144. The topological polar surface area (TPSA) is 59.3 Å². The van der Waals surface area contributed by atoms with E-state index in [1.807, 2.05) is 6.07 Å². The summed E-state index contributed by atoms with van der Waals surface area (Å²) in [6.45, 7) is 1.27. The first kappa shape index (κ1) is 11.1. The van der Waals surface area contributed by atoms with Crippen LogP contribution in [0.3, 0.4) is 0 Å². The van der Waals surface area contributed by atoms with Crippen molar-refractivity contribution in [1.82, 2.24) is 0 Å². The lowest BCUT2D eigenvalue weighted by atomic mass is 10.1. The zero-order valence-electron chi connectivity index (χ0n) is 8.56. The van der Waals surface area contributed by atoms with E-state index in [4.69, 9.17) is 14.7 Å². The van der Waals surface area contributed by atoms with Crippen LogP contribution in [0.2, 0.25) is 0 Å². The molecule has 0 aliphatic rings. The average Bonchev–Trinajstić information content (AvgIpc) is 2.25. The van der Waals surface area contributed by atoms with Gasteiger partial charge in [-0.2, -0.15) is 5.26 Å². The molecule has 0 aliphatic carbocycles. The van der Waals surface area contributed by atoms with E-state index in [9.17, 15) is 4.79 Å². The van der Waals surface area contributed by atoms with Crippen molar-refractivity contribution in [2.24, 2.45) is 0 Å². The number of rotatable bonds is 3. The number of ether oxygens (including phenoxy) is 2. The molecule has 0 fully saturated rings. The van der Waals surface area contributed by atoms with Crippen LogP contribution < -0.4 is 4.74 Å². The fourth-order valence-corrected chi connectivity index (χ4v) is 1.14. The van der Waals surface area contributed by atoms with Gasteiger partial charge in [-0.1, -0.05) is 12.1 Å². The van der Waals surface area contributed by atoms with Crippen LogP contribution in [-0.4, -0.2) is 13.1 Å². The standard InChI is InChI=1S/C11H11NO3/c1-8(13)15-11(7-12)9-4-3-5-10(6-9)14-2/h3-6,11H,1-2H3. The van der Waals surface area contributed by atoms with Crippen molar-refractivity contribution in [1.29, 1.82) is 5.26 Å². The predicted molar refractivity (Wildman–Crippen MR) is 53.1 cm³/mol. The second-order valence-electron chi connectivity index (χ2n) is 2.90. The molecule has 1 aromatic rings. The van der Waals surface area contributed by atoms with Crippen molar-refractivity contribution in [3.05, 3.63) is 29.8 Å². The van der Waals surface area contributed by atoms with Gasteiger partial charge in [0.2, 0.25) is 6.10 Å². The number of carbonyl (C=O) groups excluding carboxylic acids is 1. The van der Waals surface area contributed by atoms with Gasteiger partial charge in [0, 0.05) is 12.5 Å². The van der Waals surface area contributed by atoms with Crippen LogP contribution in [0, 0.1) is 11.3 Å². The second-order valence-corrected chi connectivity index (χ2v) is 2.90. The molecule has 0 amide bonds. The summed E-state index contributed by atoms with van der Waals surface area (Å²) in [5, 5.41) is 8.82. The molecule has 4 heteroatoms. The quantitative estimate of drug-likeness (QED) is 0.706. The monoisotopic (exact) mass is 205 g/mol. The van der Waals surface area contributed by atoms with Gasteiger partial charge in [0.25, 0.3) is 0 Å². The number of nitriles is 1. The van der Waals surface area contributed by atoms with Crippen molar-refractivity contribution in [3.8, 4) is 11.8 Å². The third kappa shape index (κ3) is 2.99. The van der Waals surface area contributed by atoms with Gasteiger partial charge in [-0.25, -0.2) is 0 Å². The van der Waals surface area contributed by atoms with Gasteiger partial charge < -0.3 is 9.47 Å². The first-order valence-electron chi connectivity index (χ1n) is 4.38. The van der Waals surface area contributed by atoms with Gasteiger partial charge in [-0.3, -0.25) is 4.79 Å². The molecule has 78 valence electrons. The van der Waals surface area contributed by atoms with E-state index in [2.05, 4.69) is 0 Å². The second kappa shape index (κ2) is 5.01. The van der Waals surface area contributed by atoms with Gasteiger partial charge in [-0.15, -0.1) is 0 Å². The maximum Gasteiger partial charge on any atom is 0.304 e. The maximum atomic E-state index is 10.7. The minimum absolute atomic E-state index is 0.482. The summed E-state index contributed by atoms with van der Waals surface area (Å²) in [5.74, 6) is 0.143. The van der Waals surface area contributed by atoms with Crippen molar-refractivity contribution in [2.45, 2.75) is 13.0 Å². The molecule has 15 heavy (non-hydrogen) atoms. The maximum absolute atomic E-state index is 10.7. The summed E-state index contributed by atoms with van der Waals surface area (Å²) in [6, 6.07) is 8.77. The molecule has 0 N–H and O–H groups in total. The number of esters is 1. The Hall–Kier alpha value is -2.02. The molecule has 0 spiro atoms. The smallest absolute Gasteiger partial charge is 0.304 e. The molecule has 0 aliphatic heterocycles. The molecule has 1 unspecified atom stereocenters. The van der Waals surface area contributed by atoms with E-state index in [0.29, 0.717) is 11.3 Å². The lowest BCUT2D eigenvalue weighted by Crippen LogP contribution is -2.06. The fraction of sp³-hybridized carbons (Fsp3) is 0.273. The first-order valence-corrected chi connectivity index (χ1v) is 4.38. The largest absolute Gasteiger partial charge is 0.497 e. The number of benzene rings is 1. The molecule has 1 aromatic carbocycles. The van der Waals surface area contributed by atoms with Crippen LogP contribution in [0.1, 0.15) is 18.6 Å². The van der Waals surface area contributed by atoms with Crippen LogP contribution >= 0.6 is 0 Å². The minimum atomic E-state index is -0.877. The molecule has 0 saturated heterocycles. The van der Waals surface area contributed by atoms with Crippen LogP contribution in [-0.2, 0) is 9.53 Å². The summed E-state index contributed by atoms with van der Waals surface area (Å²) in [5.41, 5.74) is 0.604. The highest BCUT2D eigenvalue weighted by molar-refractivity contribution is 5.66. The third-order valence-corrected chi connectivity index (χ3v) is 1.80. The van der Waals surface area contributed by atoms with E-state index in [-0.39, 0.29) is 0 Å². The van der Waals surface area contributed by atoms with Crippen molar-refractivity contribution in [2.75, 3.05) is 7.11 Å². The number of hydrogen-bond acceptors (Lipinski definition) is 4. The van der Waals surface area contributed by atoms with Gasteiger partial charge >= 0.3 is 5.97 Å². The highest BCUT2D eigenvalue weighted by Crippen LogP contribution is 2.21. The Morgan fingerprint density at radius 1 is 1.53 bits per heavy atom. The highest BCUT2D eigenvalue weighted by Gasteiger charge is 2.13. The predicted octanol–water partition coefficient (Wildman–Crippen LogP) is 1.82. The number of carbonyl (C=O) groups is 1. The van der Waals surface area contributed by atoms with E-state index >= 15 is 0 Å². The highest BCUT2D eigenvalue weighted by atomic mass is 16.5. The summed E-state index contributed by atoms with van der Waals surface area (Å²) in [6.07, 6.45) is -0.877. The average molecular weight is 205 g/mol. The summed E-state index contributed by atoms with van der Waals surface area (Å²) >= 11 is 0. The first-order chi connectivity index (χ1) is 7.17. The van der Waals surface area contributed by atoms with Gasteiger partial charge in [0.1, 0.15) is 11.8 Å². The van der Waals surface area contributed by atoms with Crippen LogP contribution in [0.5, 0.6) is 5.75 Å². The SMILES string of the molecule is COc1cccc(C(C#N)OC(C)=O)c1. The molecule has 4 nitrogen and oxygen atoms in total. The molecule has 0 heterocycles. The zero-order valence-corrected chi connectivity index (χ0v) is 8.56. The fourth-order valence-electron chi connectivity index (χ4n) is 1.14. The van der Waals surface area contributed by atoms with Gasteiger partial charge in [-0.05, 0) is 12.1 Å². The molecular formula is C11H11NO3. The van der Waals surface area contributed by atoms with Crippen molar-refractivity contribution >= 4 is 5.97 Å². The van der Waals surface area contributed by atoms with E-state index in [1.54, 1.807) is 24.3 Å². The van der Waals surface area contributed by atoms with Crippen LogP contribution in [0.15, 0.2) is 24.3 Å². The normalized spacial score (nSPS) is 11.3. The summed E-state index contributed by atoms with van der Waals surface area (Å²) in [7, 11) is 1.53. The third-order valence-electron chi connectivity index (χ3n) is 1.80. The molecule has 1 rings (SSSR count). The number of hydrogen-bond donors (Lipinski definition) is 0. The minimum Gasteiger partial charge on any atom is -0.497 e. The van der Waals surface area contributed by atoms with Gasteiger partial charge in [0.15, 0.2) is 0 Å². The molecule has 0 bridgehead atoms. The Labute approximate surface area is 88.0 Å². The number of nitrogens with zero attached hydrogens (tertiary/aromatic N) is 1. The van der Waals surface area contributed by atoms with Crippen LogP contribution in [0.25, 0.3) is 0 Å². The van der Waals surface area contributed by atoms with Gasteiger partial charge in [0.05, 0.1) is 7.11 Å². The van der Waals surface area contributed by atoms with E-state index in [1.165, 1.54) is 14.0 Å². The Morgan fingerprint density at radius 2 is 2.27 bits per heavy atom. The Balaban J connectivity index is 2.92. The Bertz CT molecular complexity index is 395. The Kier molecular flexibility index (Phi) is 3.69. The van der Waals surface area contributed by atoms with E-state index < -0.39 is 12.1 Å². The van der Waals surface area contributed by atoms with Crippen LogP contribution in [0.4, 0.5) is 0 Å². The molecule has 0 aromatic heterocycles.